The maximum atomic E-state index is 11.7. The number of rotatable bonds is 3. The van der Waals surface area contributed by atoms with Crippen molar-refractivity contribution in [1.29, 1.82) is 0 Å². The van der Waals surface area contributed by atoms with Gasteiger partial charge in [0, 0.05) is 25.6 Å². The van der Waals surface area contributed by atoms with Gasteiger partial charge in [-0.1, -0.05) is 12.1 Å². The Hall–Kier alpha value is -1.84. The molecule has 1 amide bonds. The number of likely N-dealkylation sites (N-methyl/N-ethyl adjacent to an activating group) is 1. The molecule has 1 unspecified atom stereocenters. The highest BCUT2D eigenvalue weighted by Gasteiger charge is 2.30. The molecule has 1 aliphatic rings. The maximum Gasteiger partial charge on any atom is 0.263 e. The van der Waals surface area contributed by atoms with Crippen LogP contribution in [0.15, 0.2) is 24.3 Å². The molecule has 1 aliphatic heterocycles. The lowest BCUT2D eigenvalue weighted by Crippen LogP contribution is -2.29. The number of Topliss-reactive ketones (excluding diaryl/α,β-unsaturated/α-hetero) is 1. The minimum absolute atomic E-state index is 0.00164. The van der Waals surface area contributed by atoms with E-state index in [-0.39, 0.29) is 11.7 Å². The van der Waals surface area contributed by atoms with Crippen LogP contribution in [0.5, 0.6) is 5.75 Å². The Kier molecular flexibility index (Phi) is 3.13. The van der Waals surface area contributed by atoms with Crippen molar-refractivity contribution in [2.45, 2.75) is 19.4 Å². The van der Waals surface area contributed by atoms with Gasteiger partial charge in [-0.2, -0.15) is 0 Å². The molecule has 2 rings (SSSR count). The molecule has 0 spiro atoms. The molecule has 0 aromatic heterocycles. The zero-order chi connectivity index (χ0) is 12.4. The van der Waals surface area contributed by atoms with Crippen molar-refractivity contribution < 1.29 is 14.3 Å². The lowest BCUT2D eigenvalue weighted by Gasteiger charge is -2.13. The minimum Gasteiger partial charge on any atom is -0.481 e. The van der Waals surface area contributed by atoms with E-state index in [1.54, 1.807) is 36.2 Å². The Bertz CT molecular complexity index is 456. The number of ether oxygens (including phenoxy) is 1. The van der Waals surface area contributed by atoms with Crippen LogP contribution < -0.4 is 4.74 Å². The van der Waals surface area contributed by atoms with E-state index < -0.39 is 6.10 Å². The van der Waals surface area contributed by atoms with Gasteiger partial charge >= 0.3 is 0 Å². The molecule has 17 heavy (non-hydrogen) atoms. The van der Waals surface area contributed by atoms with Crippen molar-refractivity contribution in [2.24, 2.45) is 0 Å². The molecule has 0 saturated carbocycles. The van der Waals surface area contributed by atoms with Crippen LogP contribution in [-0.4, -0.2) is 36.3 Å². The van der Waals surface area contributed by atoms with E-state index in [9.17, 15) is 9.59 Å². The largest absolute Gasteiger partial charge is 0.481 e. The lowest BCUT2D eigenvalue weighted by molar-refractivity contribution is -0.132. The van der Waals surface area contributed by atoms with Gasteiger partial charge in [-0.05, 0) is 19.1 Å². The fourth-order valence-electron chi connectivity index (χ4n) is 1.85. The fourth-order valence-corrected chi connectivity index (χ4v) is 1.85. The number of hydrogen-bond donors (Lipinski definition) is 0. The summed E-state index contributed by atoms with van der Waals surface area (Å²) in [6.45, 7) is 2.23. The summed E-state index contributed by atoms with van der Waals surface area (Å²) in [5, 5.41) is 0. The zero-order valence-corrected chi connectivity index (χ0v) is 9.97. The van der Waals surface area contributed by atoms with Gasteiger partial charge in [0.05, 0.1) is 0 Å². The van der Waals surface area contributed by atoms with Crippen LogP contribution in [0.3, 0.4) is 0 Å². The lowest BCUT2D eigenvalue weighted by atomic mass is 10.1. The van der Waals surface area contributed by atoms with Gasteiger partial charge in [-0.25, -0.2) is 0 Å². The predicted octanol–water partition coefficient (Wildman–Crippen LogP) is 1.50. The first kappa shape index (κ1) is 11.6. The topological polar surface area (TPSA) is 46.6 Å². The highest BCUT2D eigenvalue weighted by atomic mass is 16.5. The van der Waals surface area contributed by atoms with E-state index in [1.165, 1.54) is 6.92 Å². The molecular formula is C13H15NO3. The van der Waals surface area contributed by atoms with Crippen LogP contribution in [0.25, 0.3) is 0 Å². The Balaban J connectivity index is 2.11. The molecule has 1 heterocycles. The molecule has 0 N–H and O–H groups in total. The quantitative estimate of drug-likeness (QED) is 0.743. The molecule has 0 bridgehead atoms. The molecule has 1 aromatic carbocycles. The normalized spacial score (nSPS) is 19.5. The first-order valence-electron chi connectivity index (χ1n) is 5.60. The summed E-state index contributed by atoms with van der Waals surface area (Å²) >= 11 is 0. The Morgan fingerprint density at radius 3 is 2.82 bits per heavy atom. The van der Waals surface area contributed by atoms with Crippen molar-refractivity contribution in [3.8, 4) is 5.75 Å². The molecule has 1 atom stereocenters. The van der Waals surface area contributed by atoms with E-state index in [1.807, 2.05) is 0 Å². The highest BCUT2D eigenvalue weighted by Crippen LogP contribution is 2.20. The average molecular weight is 233 g/mol. The van der Waals surface area contributed by atoms with Crippen molar-refractivity contribution in [2.75, 3.05) is 13.6 Å². The van der Waals surface area contributed by atoms with Crippen LogP contribution in [0.4, 0.5) is 0 Å². The van der Waals surface area contributed by atoms with Gasteiger partial charge < -0.3 is 9.64 Å². The van der Waals surface area contributed by atoms with Crippen molar-refractivity contribution in [3.63, 3.8) is 0 Å². The summed E-state index contributed by atoms with van der Waals surface area (Å²) in [5.74, 6) is 0.565. The molecule has 1 saturated heterocycles. The number of carbonyl (C=O) groups excluding carboxylic acids is 2. The van der Waals surface area contributed by atoms with Crippen LogP contribution in [-0.2, 0) is 4.79 Å². The van der Waals surface area contributed by atoms with E-state index >= 15 is 0 Å². The summed E-state index contributed by atoms with van der Waals surface area (Å²) in [7, 11) is 1.76. The number of amides is 1. The first-order chi connectivity index (χ1) is 8.08. The van der Waals surface area contributed by atoms with Gasteiger partial charge in [0.15, 0.2) is 11.9 Å². The number of nitrogens with zero attached hydrogens (tertiary/aromatic N) is 1. The van der Waals surface area contributed by atoms with Gasteiger partial charge in [-0.15, -0.1) is 0 Å². The van der Waals surface area contributed by atoms with Gasteiger partial charge in [0.25, 0.3) is 5.91 Å². The molecular weight excluding hydrogens is 218 g/mol. The van der Waals surface area contributed by atoms with Crippen molar-refractivity contribution in [1.82, 2.24) is 4.90 Å². The molecule has 0 radical (unpaired) electrons. The highest BCUT2D eigenvalue weighted by molar-refractivity contribution is 5.94. The second-order valence-corrected chi connectivity index (χ2v) is 4.24. The third-order valence-electron chi connectivity index (χ3n) is 2.90. The SMILES string of the molecule is CC(=O)c1cccc(OC2CCN(C)C2=O)c1. The van der Waals surface area contributed by atoms with E-state index in [0.717, 1.165) is 6.54 Å². The van der Waals surface area contributed by atoms with Gasteiger partial charge in [-0.3, -0.25) is 9.59 Å². The van der Waals surface area contributed by atoms with Crippen molar-refractivity contribution >= 4 is 11.7 Å². The summed E-state index contributed by atoms with van der Waals surface area (Å²) in [6.07, 6.45) is 0.279. The van der Waals surface area contributed by atoms with Crippen molar-refractivity contribution in [3.05, 3.63) is 29.8 Å². The number of hydrogen-bond acceptors (Lipinski definition) is 3. The molecule has 90 valence electrons. The number of benzene rings is 1. The maximum absolute atomic E-state index is 11.7. The van der Waals surface area contributed by atoms with E-state index in [4.69, 9.17) is 4.74 Å². The second-order valence-electron chi connectivity index (χ2n) is 4.24. The summed E-state index contributed by atoms with van der Waals surface area (Å²) in [4.78, 5) is 24.5. The number of likely N-dealkylation sites (tertiary alicyclic amines) is 1. The van der Waals surface area contributed by atoms with Crippen LogP contribution >= 0.6 is 0 Å². The molecule has 4 nitrogen and oxygen atoms in total. The standard InChI is InChI=1S/C13H15NO3/c1-9(15)10-4-3-5-11(8-10)17-12-6-7-14(2)13(12)16/h3-5,8,12H,6-7H2,1-2H3. The number of carbonyl (C=O) groups is 2. The van der Waals surface area contributed by atoms with Gasteiger partial charge in [0.2, 0.25) is 0 Å². The average Bonchev–Trinajstić information content (AvgIpc) is 2.61. The second kappa shape index (κ2) is 4.57. The molecule has 1 fully saturated rings. The van der Waals surface area contributed by atoms with E-state index in [0.29, 0.717) is 17.7 Å². The molecule has 1 aromatic rings. The third kappa shape index (κ3) is 2.46. The Morgan fingerprint density at radius 2 is 2.24 bits per heavy atom. The van der Waals surface area contributed by atoms with Crippen LogP contribution in [0.2, 0.25) is 0 Å². The summed E-state index contributed by atoms with van der Waals surface area (Å²) in [6, 6.07) is 6.93. The van der Waals surface area contributed by atoms with Gasteiger partial charge in [0.1, 0.15) is 5.75 Å². The van der Waals surface area contributed by atoms with E-state index in [2.05, 4.69) is 0 Å². The number of ketones is 1. The minimum atomic E-state index is -0.415. The Morgan fingerprint density at radius 1 is 1.47 bits per heavy atom. The molecule has 4 heteroatoms. The van der Waals surface area contributed by atoms with Crippen LogP contribution in [0.1, 0.15) is 23.7 Å². The Labute approximate surface area is 100 Å². The molecule has 0 aliphatic carbocycles. The third-order valence-corrected chi connectivity index (χ3v) is 2.90. The fraction of sp³-hybridized carbons (Fsp3) is 0.385. The summed E-state index contributed by atoms with van der Waals surface area (Å²) in [5.41, 5.74) is 0.598. The van der Waals surface area contributed by atoms with Crippen LogP contribution in [0, 0.1) is 0 Å². The summed E-state index contributed by atoms with van der Waals surface area (Å²) < 4.78 is 5.61. The zero-order valence-electron chi connectivity index (χ0n) is 9.97. The predicted molar refractivity (Wildman–Crippen MR) is 63.1 cm³/mol. The first-order valence-corrected chi connectivity index (χ1v) is 5.60. The smallest absolute Gasteiger partial charge is 0.263 e. The monoisotopic (exact) mass is 233 g/mol.